The van der Waals surface area contributed by atoms with Crippen LogP contribution >= 0.6 is 0 Å². The third-order valence-corrected chi connectivity index (χ3v) is 6.56. The van der Waals surface area contributed by atoms with Crippen molar-refractivity contribution in [2.24, 2.45) is 0 Å². The summed E-state index contributed by atoms with van der Waals surface area (Å²) in [5.41, 5.74) is 0. The van der Waals surface area contributed by atoms with E-state index in [2.05, 4.69) is 13.8 Å². The molecule has 40 heavy (non-hydrogen) atoms. The molecule has 0 amide bonds. The van der Waals surface area contributed by atoms with E-state index in [1.54, 1.807) is 0 Å². The van der Waals surface area contributed by atoms with Crippen LogP contribution in [0.4, 0.5) is 0 Å². The quantitative estimate of drug-likeness (QED) is 0.0704. The smallest absolute Gasteiger partial charge is 0.305 e. The summed E-state index contributed by atoms with van der Waals surface area (Å²) in [6, 6.07) is 0. The Hall–Kier alpha value is -2.12. The highest BCUT2D eigenvalue weighted by Crippen LogP contribution is 2.10. The molecule has 0 bridgehead atoms. The molecule has 0 rings (SSSR count). The van der Waals surface area contributed by atoms with E-state index in [0.717, 1.165) is 25.7 Å². The highest BCUT2D eigenvalue weighted by molar-refractivity contribution is 5.70. The molecule has 0 saturated heterocycles. The lowest BCUT2D eigenvalue weighted by atomic mass is 10.1. The van der Waals surface area contributed by atoms with E-state index < -0.39 is 11.9 Å². The Morgan fingerprint density at radius 2 is 0.675 bits per heavy atom. The predicted molar refractivity (Wildman–Crippen MR) is 159 cm³/mol. The predicted octanol–water partition coefficient (Wildman–Crippen LogP) is 8.63. The Balaban J connectivity index is 0. The van der Waals surface area contributed by atoms with E-state index in [-0.39, 0.29) is 24.8 Å². The number of esters is 2. The number of unbranched alkanes of at least 4 members (excludes halogenated alkanes) is 16. The summed E-state index contributed by atoms with van der Waals surface area (Å²) in [6.07, 6.45) is 23.1. The van der Waals surface area contributed by atoms with Gasteiger partial charge >= 0.3 is 23.9 Å². The van der Waals surface area contributed by atoms with Gasteiger partial charge < -0.3 is 19.7 Å². The van der Waals surface area contributed by atoms with Gasteiger partial charge in [0.15, 0.2) is 0 Å². The van der Waals surface area contributed by atoms with Gasteiger partial charge in [-0.25, -0.2) is 0 Å². The number of carbonyl (C=O) groups excluding carboxylic acids is 2. The molecular formula is C32H60O8. The lowest BCUT2D eigenvalue weighted by Gasteiger charge is -2.06. The average molecular weight is 573 g/mol. The number of carboxylic acid groups (broad SMARTS) is 2. The van der Waals surface area contributed by atoms with Crippen LogP contribution in [-0.4, -0.2) is 47.3 Å². The van der Waals surface area contributed by atoms with E-state index in [4.69, 9.17) is 19.7 Å². The van der Waals surface area contributed by atoms with E-state index in [1.165, 1.54) is 77.0 Å². The highest BCUT2D eigenvalue weighted by Gasteiger charge is 2.06. The summed E-state index contributed by atoms with van der Waals surface area (Å²) in [5.74, 6) is -2.01. The Kier molecular flexibility index (Phi) is 33.1. The van der Waals surface area contributed by atoms with Crippen LogP contribution in [0.3, 0.4) is 0 Å². The van der Waals surface area contributed by atoms with Crippen molar-refractivity contribution in [1.82, 2.24) is 0 Å². The van der Waals surface area contributed by atoms with E-state index in [9.17, 15) is 19.2 Å². The molecule has 0 atom stereocenters. The maximum atomic E-state index is 11.7. The Bertz CT molecular complexity index is 554. The molecule has 8 nitrogen and oxygen atoms in total. The summed E-state index contributed by atoms with van der Waals surface area (Å²) in [6.45, 7) is 5.54. The monoisotopic (exact) mass is 572 g/mol. The first-order valence-corrected chi connectivity index (χ1v) is 16.1. The van der Waals surface area contributed by atoms with Gasteiger partial charge in [-0.05, 0) is 38.5 Å². The minimum Gasteiger partial charge on any atom is -0.481 e. The molecule has 0 aliphatic heterocycles. The second kappa shape index (κ2) is 33.1. The van der Waals surface area contributed by atoms with Crippen LogP contribution in [0.15, 0.2) is 0 Å². The SMILES string of the molecule is CCCCCCCCCCOC(=O)CCCCC(=O)OCCCCCCCCCC.O=C(O)CCCCC(=O)O. The number of carbonyl (C=O) groups is 4. The number of hydrogen-bond acceptors (Lipinski definition) is 6. The fraction of sp³-hybridized carbons (Fsp3) is 0.875. The molecule has 0 fully saturated rings. The van der Waals surface area contributed by atoms with Gasteiger partial charge in [0.05, 0.1) is 13.2 Å². The van der Waals surface area contributed by atoms with Crippen molar-refractivity contribution < 1.29 is 38.9 Å². The number of hydrogen-bond donors (Lipinski definition) is 2. The van der Waals surface area contributed by atoms with Crippen LogP contribution in [-0.2, 0) is 28.7 Å². The maximum absolute atomic E-state index is 11.7. The van der Waals surface area contributed by atoms with Gasteiger partial charge in [-0.3, -0.25) is 19.2 Å². The van der Waals surface area contributed by atoms with Crippen LogP contribution < -0.4 is 0 Å². The normalized spacial score (nSPS) is 10.4. The van der Waals surface area contributed by atoms with Crippen molar-refractivity contribution in [2.45, 2.75) is 168 Å². The molecule has 0 aromatic heterocycles. The largest absolute Gasteiger partial charge is 0.481 e. The zero-order chi connectivity index (χ0) is 30.1. The molecule has 8 heteroatoms. The maximum Gasteiger partial charge on any atom is 0.305 e. The van der Waals surface area contributed by atoms with Gasteiger partial charge in [0, 0.05) is 25.7 Å². The molecule has 0 unspecified atom stereocenters. The topological polar surface area (TPSA) is 127 Å². The molecule has 0 heterocycles. The van der Waals surface area contributed by atoms with E-state index >= 15 is 0 Å². The zero-order valence-corrected chi connectivity index (χ0v) is 25.7. The standard InChI is InChI=1S/C26H50O4.C6H10O4/c1-3-5-7-9-11-13-15-19-23-29-25(27)21-17-18-22-26(28)30-24-20-16-14-12-10-8-6-4-2;7-5(8)3-1-2-4-6(9)10/h3-24H2,1-2H3;1-4H2,(H,7,8)(H,9,10). The van der Waals surface area contributed by atoms with Crippen LogP contribution in [0.5, 0.6) is 0 Å². The third kappa shape index (κ3) is 38.0. The van der Waals surface area contributed by atoms with Crippen LogP contribution in [0.25, 0.3) is 0 Å². The Morgan fingerprint density at radius 3 is 0.975 bits per heavy atom. The molecule has 0 aromatic rings. The summed E-state index contributed by atoms with van der Waals surface area (Å²) in [4.78, 5) is 43.2. The average Bonchev–Trinajstić information content (AvgIpc) is 2.92. The molecule has 2 N–H and O–H groups in total. The van der Waals surface area contributed by atoms with Crippen molar-refractivity contribution in [3.8, 4) is 0 Å². The first-order chi connectivity index (χ1) is 19.3. The van der Waals surface area contributed by atoms with E-state index in [1.807, 2.05) is 0 Å². The fourth-order valence-electron chi connectivity index (χ4n) is 4.08. The first kappa shape index (κ1) is 40.0. The zero-order valence-electron chi connectivity index (χ0n) is 25.7. The minimum absolute atomic E-state index is 0.0628. The van der Waals surface area contributed by atoms with Gasteiger partial charge in [-0.15, -0.1) is 0 Å². The summed E-state index contributed by atoms with van der Waals surface area (Å²) < 4.78 is 10.5. The summed E-state index contributed by atoms with van der Waals surface area (Å²) in [5, 5.41) is 16.3. The summed E-state index contributed by atoms with van der Waals surface area (Å²) in [7, 11) is 0. The van der Waals surface area contributed by atoms with Gasteiger partial charge in [0.2, 0.25) is 0 Å². The first-order valence-electron chi connectivity index (χ1n) is 16.1. The van der Waals surface area contributed by atoms with Gasteiger partial charge in [0.1, 0.15) is 0 Å². The number of ether oxygens (including phenoxy) is 2. The van der Waals surface area contributed by atoms with Crippen LogP contribution in [0, 0.1) is 0 Å². The molecular weight excluding hydrogens is 512 g/mol. The molecule has 0 aliphatic carbocycles. The fourth-order valence-corrected chi connectivity index (χ4v) is 4.08. The molecule has 0 radical (unpaired) electrons. The lowest BCUT2D eigenvalue weighted by molar-refractivity contribution is -0.146. The number of aliphatic carboxylic acids is 2. The third-order valence-electron chi connectivity index (χ3n) is 6.56. The van der Waals surface area contributed by atoms with E-state index in [0.29, 0.717) is 51.7 Å². The van der Waals surface area contributed by atoms with Crippen LogP contribution in [0.1, 0.15) is 168 Å². The Morgan fingerprint density at radius 1 is 0.400 bits per heavy atom. The lowest BCUT2D eigenvalue weighted by Crippen LogP contribution is -2.08. The minimum atomic E-state index is -0.870. The van der Waals surface area contributed by atoms with Gasteiger partial charge in [-0.2, -0.15) is 0 Å². The van der Waals surface area contributed by atoms with Crippen molar-refractivity contribution in [3.63, 3.8) is 0 Å². The molecule has 0 saturated carbocycles. The van der Waals surface area contributed by atoms with Crippen molar-refractivity contribution in [1.29, 1.82) is 0 Å². The van der Waals surface area contributed by atoms with Crippen molar-refractivity contribution in [2.75, 3.05) is 13.2 Å². The number of carboxylic acids is 2. The number of rotatable bonds is 28. The molecule has 0 spiro atoms. The second-order valence-electron chi connectivity index (χ2n) is 10.6. The molecule has 0 aliphatic rings. The summed E-state index contributed by atoms with van der Waals surface area (Å²) >= 11 is 0. The van der Waals surface area contributed by atoms with Gasteiger partial charge in [-0.1, -0.05) is 104 Å². The van der Waals surface area contributed by atoms with Crippen LogP contribution in [0.2, 0.25) is 0 Å². The Labute approximate surface area is 244 Å². The highest BCUT2D eigenvalue weighted by atomic mass is 16.5. The van der Waals surface area contributed by atoms with Crippen molar-refractivity contribution >= 4 is 23.9 Å². The molecule has 0 aromatic carbocycles. The second-order valence-corrected chi connectivity index (χ2v) is 10.6. The van der Waals surface area contributed by atoms with Gasteiger partial charge in [0.25, 0.3) is 0 Å². The van der Waals surface area contributed by atoms with Crippen molar-refractivity contribution in [3.05, 3.63) is 0 Å². The molecule has 236 valence electrons.